The number of carbonyl (C=O) groups excluding carboxylic acids is 1. The summed E-state index contributed by atoms with van der Waals surface area (Å²) in [5.74, 6) is 0.643. The van der Waals surface area contributed by atoms with Crippen molar-refractivity contribution in [3.8, 4) is 5.75 Å². The van der Waals surface area contributed by atoms with Gasteiger partial charge in [0.1, 0.15) is 11.4 Å². The normalized spacial score (nSPS) is 18.3. The summed E-state index contributed by atoms with van der Waals surface area (Å²) in [6, 6.07) is 15.4. The third-order valence-corrected chi connectivity index (χ3v) is 4.77. The largest absolute Gasteiger partial charge is 0.494 e. The van der Waals surface area contributed by atoms with Crippen LogP contribution in [0.4, 0.5) is 0 Å². The van der Waals surface area contributed by atoms with Crippen molar-refractivity contribution in [1.29, 1.82) is 0 Å². The van der Waals surface area contributed by atoms with Crippen molar-refractivity contribution >= 4 is 28.5 Å². The second kappa shape index (κ2) is 6.84. The first-order chi connectivity index (χ1) is 12.7. The lowest BCUT2D eigenvalue weighted by atomic mass is 10.1. The summed E-state index contributed by atoms with van der Waals surface area (Å²) in [5, 5.41) is 11.3. The predicted octanol–water partition coefficient (Wildman–Crippen LogP) is 1.59. The molecule has 0 saturated heterocycles. The fourth-order valence-corrected chi connectivity index (χ4v) is 3.40. The van der Waals surface area contributed by atoms with Crippen LogP contribution >= 0.6 is 11.8 Å². The highest BCUT2D eigenvalue weighted by Gasteiger charge is 2.34. The number of para-hydroxylation sites is 1. The molecule has 2 heterocycles. The van der Waals surface area contributed by atoms with Gasteiger partial charge in [-0.3, -0.25) is 15.1 Å². The molecule has 132 valence electrons. The number of nitrogens with zero attached hydrogens (tertiary/aromatic N) is 3. The Kier molecular flexibility index (Phi) is 4.38. The maximum Gasteiger partial charge on any atom is 0.276 e. The van der Waals surface area contributed by atoms with Crippen LogP contribution in [0.2, 0.25) is 0 Å². The lowest BCUT2D eigenvalue weighted by molar-refractivity contribution is -0.116. The van der Waals surface area contributed by atoms with E-state index in [1.807, 2.05) is 61.7 Å². The van der Waals surface area contributed by atoms with E-state index in [4.69, 9.17) is 9.73 Å². The van der Waals surface area contributed by atoms with Gasteiger partial charge in [0, 0.05) is 5.22 Å². The molecule has 0 saturated carbocycles. The molecule has 1 atom stereocenters. The van der Waals surface area contributed by atoms with E-state index in [0.29, 0.717) is 17.5 Å². The van der Waals surface area contributed by atoms with Gasteiger partial charge in [-0.25, -0.2) is 5.01 Å². The summed E-state index contributed by atoms with van der Waals surface area (Å²) < 4.78 is 5.52. The Morgan fingerprint density at radius 1 is 1.19 bits per heavy atom. The average molecular weight is 366 g/mol. The Balaban J connectivity index is 1.87. The van der Waals surface area contributed by atoms with Crippen molar-refractivity contribution in [3.63, 3.8) is 0 Å². The zero-order valence-electron chi connectivity index (χ0n) is 14.5. The van der Waals surface area contributed by atoms with Crippen LogP contribution in [0.3, 0.4) is 0 Å². The molecule has 2 aliphatic rings. The van der Waals surface area contributed by atoms with E-state index in [-0.39, 0.29) is 5.91 Å². The first-order valence-corrected chi connectivity index (χ1v) is 9.57. The number of carbonyl (C=O) groups is 1. The van der Waals surface area contributed by atoms with Crippen LogP contribution in [0.1, 0.15) is 18.7 Å². The number of thioether (sulfide) groups is 1. The number of hydrogen-bond acceptors (Lipinski definition) is 6. The van der Waals surface area contributed by atoms with Crippen molar-refractivity contribution in [2.75, 3.05) is 12.9 Å². The van der Waals surface area contributed by atoms with Crippen LogP contribution in [0.15, 0.2) is 58.6 Å². The zero-order valence-corrected chi connectivity index (χ0v) is 15.3. The fraction of sp³-hybridized carbons (Fsp3) is 0.211. The standard InChI is InChI=1S/C19H18N4O2S/c1-3-25-13-10-8-12(9-11-13)17-20-15-7-5-4-6-14(15)16-18(24)21-19(26-2)22-23(16)17/h4-11,17H,3H2,1-2H3,(H,21,22,24)/t17-/m1/s1. The molecule has 0 unspecified atom stereocenters. The van der Waals surface area contributed by atoms with Crippen LogP contribution < -0.4 is 20.6 Å². The van der Waals surface area contributed by atoms with Gasteiger partial charge in [-0.2, -0.15) is 0 Å². The Bertz CT molecular complexity index is 1000. The van der Waals surface area contributed by atoms with E-state index < -0.39 is 6.17 Å². The van der Waals surface area contributed by atoms with Gasteiger partial charge in [0.25, 0.3) is 5.91 Å². The first-order valence-electron chi connectivity index (χ1n) is 8.34. The maximum absolute atomic E-state index is 12.7. The number of ether oxygens (including phenoxy) is 1. The number of nitrogens with one attached hydrogen (secondary N) is 1. The Morgan fingerprint density at radius 2 is 1.96 bits per heavy atom. The van der Waals surface area contributed by atoms with Crippen molar-refractivity contribution in [1.82, 2.24) is 10.3 Å². The van der Waals surface area contributed by atoms with E-state index >= 15 is 0 Å². The summed E-state index contributed by atoms with van der Waals surface area (Å²) in [6.45, 7) is 2.57. The molecule has 0 aromatic heterocycles. The highest BCUT2D eigenvalue weighted by Crippen LogP contribution is 2.31. The third kappa shape index (κ3) is 2.84. The minimum Gasteiger partial charge on any atom is -0.494 e. The van der Waals surface area contributed by atoms with Crippen molar-refractivity contribution in [2.24, 2.45) is 10.1 Å². The zero-order chi connectivity index (χ0) is 18.1. The van der Waals surface area contributed by atoms with Crippen LogP contribution in [-0.2, 0) is 4.79 Å². The predicted molar refractivity (Wildman–Crippen MR) is 102 cm³/mol. The minimum atomic E-state index is -0.399. The molecule has 6 nitrogen and oxygen atoms in total. The summed E-state index contributed by atoms with van der Waals surface area (Å²) in [7, 11) is 0. The molecule has 0 spiro atoms. The topological polar surface area (TPSA) is 66.3 Å². The SMILES string of the molecule is CCOc1ccc([C@@H]2N=c3ccccc3=C3C(=O)NC(SC)=NN32)cc1. The number of fused-ring (bicyclic) bond motifs is 2. The number of rotatable bonds is 3. The van der Waals surface area contributed by atoms with E-state index in [0.717, 1.165) is 21.9 Å². The van der Waals surface area contributed by atoms with Gasteiger partial charge < -0.3 is 4.74 Å². The quantitative estimate of drug-likeness (QED) is 0.896. The monoisotopic (exact) mass is 366 g/mol. The van der Waals surface area contributed by atoms with Gasteiger partial charge in [0.2, 0.25) is 0 Å². The summed E-state index contributed by atoms with van der Waals surface area (Å²) >= 11 is 1.39. The van der Waals surface area contributed by atoms with Crippen molar-refractivity contribution in [2.45, 2.75) is 13.1 Å². The van der Waals surface area contributed by atoms with E-state index in [1.54, 1.807) is 5.01 Å². The summed E-state index contributed by atoms with van der Waals surface area (Å²) in [4.78, 5) is 17.6. The molecule has 7 heteroatoms. The first kappa shape index (κ1) is 16.7. The second-order valence-corrected chi connectivity index (χ2v) is 6.57. The van der Waals surface area contributed by atoms with E-state index in [9.17, 15) is 4.79 Å². The molecule has 2 aromatic carbocycles. The van der Waals surface area contributed by atoms with Gasteiger partial charge in [0.05, 0.1) is 12.0 Å². The number of hydrazone groups is 1. The van der Waals surface area contributed by atoms with E-state index in [1.165, 1.54) is 11.8 Å². The molecular formula is C19H18N4O2S. The Hall–Kier alpha value is -2.80. The number of amides is 1. The molecule has 2 aliphatic heterocycles. The highest BCUT2D eigenvalue weighted by molar-refractivity contribution is 8.13. The van der Waals surface area contributed by atoms with Crippen molar-refractivity contribution in [3.05, 3.63) is 64.7 Å². The maximum atomic E-state index is 12.7. The van der Waals surface area contributed by atoms with Gasteiger partial charge in [-0.05, 0) is 36.9 Å². The van der Waals surface area contributed by atoms with E-state index in [2.05, 4.69) is 10.4 Å². The molecule has 0 aliphatic carbocycles. The van der Waals surface area contributed by atoms with Crippen LogP contribution in [0.5, 0.6) is 5.75 Å². The number of amidine groups is 1. The van der Waals surface area contributed by atoms with Gasteiger partial charge in [0.15, 0.2) is 11.3 Å². The Morgan fingerprint density at radius 3 is 2.69 bits per heavy atom. The van der Waals surface area contributed by atoms with Crippen LogP contribution in [0, 0.1) is 0 Å². The molecule has 26 heavy (non-hydrogen) atoms. The summed E-state index contributed by atoms with van der Waals surface area (Å²) in [6.07, 6.45) is 1.48. The molecule has 1 N–H and O–H groups in total. The summed E-state index contributed by atoms with van der Waals surface area (Å²) in [5.41, 5.74) is 1.46. The van der Waals surface area contributed by atoms with Crippen molar-refractivity contribution < 1.29 is 9.53 Å². The van der Waals surface area contributed by atoms with Gasteiger partial charge >= 0.3 is 0 Å². The lowest BCUT2D eigenvalue weighted by Gasteiger charge is -2.33. The third-order valence-electron chi connectivity index (χ3n) is 4.20. The molecule has 1 amide bonds. The molecule has 4 rings (SSSR count). The van der Waals surface area contributed by atoms with Crippen LogP contribution in [0.25, 0.3) is 5.70 Å². The van der Waals surface area contributed by atoms with Gasteiger partial charge in [-0.1, -0.05) is 42.1 Å². The molecule has 0 bridgehead atoms. The highest BCUT2D eigenvalue weighted by atomic mass is 32.2. The number of hydrogen-bond donors (Lipinski definition) is 1. The fourth-order valence-electron chi connectivity index (χ4n) is 3.04. The molecule has 2 aromatic rings. The number of benzene rings is 2. The Labute approximate surface area is 155 Å². The second-order valence-electron chi connectivity index (χ2n) is 5.78. The lowest BCUT2D eigenvalue weighted by Crippen LogP contribution is -2.50. The van der Waals surface area contributed by atoms with Gasteiger partial charge in [-0.15, -0.1) is 5.10 Å². The molecule has 0 radical (unpaired) electrons. The van der Waals surface area contributed by atoms with Crippen LogP contribution in [-0.4, -0.2) is 28.9 Å². The molecule has 0 fully saturated rings. The molecular weight excluding hydrogens is 348 g/mol. The minimum absolute atomic E-state index is 0.164. The average Bonchev–Trinajstić information content (AvgIpc) is 2.68. The smallest absolute Gasteiger partial charge is 0.276 e.